The number of benzene rings is 1. The number of fused-ring (bicyclic) bond motifs is 1. The van der Waals surface area contributed by atoms with Gasteiger partial charge in [-0.15, -0.1) is 0 Å². The molecular formula is C14H20ClNO2. The normalized spacial score (nSPS) is 14.3. The summed E-state index contributed by atoms with van der Waals surface area (Å²) in [5.74, 6) is 1.61. The van der Waals surface area contributed by atoms with Crippen LogP contribution >= 0.6 is 11.6 Å². The van der Waals surface area contributed by atoms with Gasteiger partial charge in [0.15, 0.2) is 11.5 Å². The van der Waals surface area contributed by atoms with Crippen LogP contribution in [0.15, 0.2) is 12.1 Å². The maximum absolute atomic E-state index is 6.28. The Balaban J connectivity index is 2.04. The Morgan fingerprint density at radius 3 is 2.61 bits per heavy atom. The van der Waals surface area contributed by atoms with Crippen LogP contribution < -0.4 is 14.8 Å². The first kappa shape index (κ1) is 13.5. The van der Waals surface area contributed by atoms with Crippen molar-refractivity contribution in [3.63, 3.8) is 0 Å². The van der Waals surface area contributed by atoms with Crippen molar-refractivity contribution in [2.24, 2.45) is 0 Å². The van der Waals surface area contributed by atoms with E-state index in [0.717, 1.165) is 54.3 Å². The van der Waals surface area contributed by atoms with Gasteiger partial charge in [0.2, 0.25) is 0 Å². The molecule has 2 rings (SSSR count). The van der Waals surface area contributed by atoms with E-state index >= 15 is 0 Å². The van der Waals surface area contributed by atoms with Crippen LogP contribution in [0.25, 0.3) is 0 Å². The van der Waals surface area contributed by atoms with Crippen molar-refractivity contribution >= 4 is 11.6 Å². The van der Waals surface area contributed by atoms with Crippen molar-refractivity contribution in [1.82, 2.24) is 5.32 Å². The van der Waals surface area contributed by atoms with Crippen LogP contribution in [0.2, 0.25) is 5.02 Å². The maximum atomic E-state index is 6.28. The van der Waals surface area contributed by atoms with Crippen molar-refractivity contribution < 1.29 is 9.47 Å². The Labute approximate surface area is 113 Å². The van der Waals surface area contributed by atoms with E-state index in [9.17, 15) is 0 Å². The predicted octanol–water partition coefficient (Wildman–Crippen LogP) is 3.04. The molecule has 0 radical (unpaired) electrons. The second-order valence-corrected chi connectivity index (χ2v) is 4.91. The van der Waals surface area contributed by atoms with E-state index in [0.29, 0.717) is 13.2 Å². The summed E-state index contributed by atoms with van der Waals surface area (Å²) in [5.41, 5.74) is 1.15. The van der Waals surface area contributed by atoms with Crippen molar-refractivity contribution in [3.8, 4) is 11.5 Å². The second kappa shape index (κ2) is 6.86. The van der Waals surface area contributed by atoms with Crippen molar-refractivity contribution in [2.75, 3.05) is 26.8 Å². The van der Waals surface area contributed by atoms with Crippen molar-refractivity contribution in [1.29, 1.82) is 0 Å². The summed E-state index contributed by atoms with van der Waals surface area (Å²) < 4.78 is 11.3. The molecule has 1 aromatic carbocycles. The topological polar surface area (TPSA) is 30.5 Å². The van der Waals surface area contributed by atoms with E-state index in [4.69, 9.17) is 21.1 Å². The molecule has 0 saturated heterocycles. The predicted molar refractivity (Wildman–Crippen MR) is 73.9 cm³/mol. The lowest BCUT2D eigenvalue weighted by molar-refractivity contribution is 0.297. The highest BCUT2D eigenvalue weighted by molar-refractivity contribution is 6.31. The zero-order valence-corrected chi connectivity index (χ0v) is 11.6. The summed E-state index contributed by atoms with van der Waals surface area (Å²) in [7, 11) is 1.97. The first-order chi connectivity index (χ1) is 8.81. The molecule has 0 aromatic heterocycles. The third-order valence-corrected chi connectivity index (χ3v) is 3.39. The van der Waals surface area contributed by atoms with Gasteiger partial charge in [-0.3, -0.25) is 0 Å². The molecule has 0 fully saturated rings. The molecule has 0 amide bonds. The van der Waals surface area contributed by atoms with Gasteiger partial charge in [-0.05, 0) is 44.5 Å². The highest BCUT2D eigenvalue weighted by Crippen LogP contribution is 2.35. The van der Waals surface area contributed by atoms with Gasteiger partial charge in [0.1, 0.15) is 0 Å². The quantitative estimate of drug-likeness (QED) is 0.834. The van der Waals surface area contributed by atoms with Gasteiger partial charge in [0.05, 0.1) is 13.2 Å². The molecule has 100 valence electrons. The lowest BCUT2D eigenvalue weighted by atomic mass is 10.1. The van der Waals surface area contributed by atoms with E-state index < -0.39 is 0 Å². The highest BCUT2D eigenvalue weighted by Gasteiger charge is 2.13. The molecular weight excluding hydrogens is 250 g/mol. The minimum atomic E-state index is 0.699. The molecule has 4 heteroatoms. The number of hydrogen-bond donors (Lipinski definition) is 1. The van der Waals surface area contributed by atoms with Crippen LogP contribution in [0.1, 0.15) is 24.8 Å². The van der Waals surface area contributed by atoms with Crippen LogP contribution in [0.4, 0.5) is 0 Å². The van der Waals surface area contributed by atoms with Gasteiger partial charge in [-0.1, -0.05) is 11.6 Å². The van der Waals surface area contributed by atoms with Crippen molar-refractivity contribution in [2.45, 2.75) is 25.7 Å². The zero-order chi connectivity index (χ0) is 12.8. The monoisotopic (exact) mass is 269 g/mol. The molecule has 0 atom stereocenters. The van der Waals surface area contributed by atoms with Crippen LogP contribution in [0.3, 0.4) is 0 Å². The third kappa shape index (κ3) is 3.53. The Hall–Kier alpha value is -0.930. The maximum Gasteiger partial charge on any atom is 0.162 e. The van der Waals surface area contributed by atoms with Crippen LogP contribution in [-0.2, 0) is 6.42 Å². The van der Waals surface area contributed by atoms with Gasteiger partial charge in [-0.2, -0.15) is 0 Å². The van der Waals surface area contributed by atoms with Crippen LogP contribution in [-0.4, -0.2) is 26.8 Å². The highest BCUT2D eigenvalue weighted by atomic mass is 35.5. The van der Waals surface area contributed by atoms with Crippen LogP contribution in [0.5, 0.6) is 11.5 Å². The third-order valence-electron chi connectivity index (χ3n) is 3.04. The summed E-state index contributed by atoms with van der Waals surface area (Å²) in [5, 5.41) is 3.93. The van der Waals surface area contributed by atoms with Gasteiger partial charge >= 0.3 is 0 Å². The molecule has 1 aliphatic heterocycles. The van der Waals surface area contributed by atoms with E-state index in [2.05, 4.69) is 5.32 Å². The minimum absolute atomic E-state index is 0.699. The smallest absolute Gasteiger partial charge is 0.162 e. The number of aryl methyl sites for hydroxylation is 1. The molecule has 18 heavy (non-hydrogen) atoms. The molecule has 1 aliphatic rings. The molecule has 0 aliphatic carbocycles. The van der Waals surface area contributed by atoms with Gasteiger partial charge in [-0.25, -0.2) is 0 Å². The fraction of sp³-hybridized carbons (Fsp3) is 0.571. The summed E-state index contributed by atoms with van der Waals surface area (Å²) in [4.78, 5) is 0. The van der Waals surface area contributed by atoms with Crippen LogP contribution in [0, 0.1) is 0 Å². The van der Waals surface area contributed by atoms with Gasteiger partial charge < -0.3 is 14.8 Å². The largest absolute Gasteiger partial charge is 0.490 e. The second-order valence-electron chi connectivity index (χ2n) is 4.50. The number of nitrogens with one attached hydrogen (secondary N) is 1. The first-order valence-corrected chi connectivity index (χ1v) is 6.91. The first-order valence-electron chi connectivity index (χ1n) is 6.54. The Bertz CT molecular complexity index is 396. The summed E-state index contributed by atoms with van der Waals surface area (Å²) >= 11 is 6.28. The molecule has 1 aromatic rings. The van der Waals surface area contributed by atoms with E-state index in [1.807, 2.05) is 19.2 Å². The van der Waals surface area contributed by atoms with Crippen molar-refractivity contribution in [3.05, 3.63) is 22.7 Å². The molecule has 0 saturated carbocycles. The van der Waals surface area contributed by atoms with Gasteiger partial charge in [0.25, 0.3) is 0 Å². The Morgan fingerprint density at radius 2 is 1.89 bits per heavy atom. The summed E-state index contributed by atoms with van der Waals surface area (Å²) in [6.07, 6.45) is 4.18. The lowest BCUT2D eigenvalue weighted by Gasteiger charge is -2.11. The number of hydrogen-bond acceptors (Lipinski definition) is 3. The van der Waals surface area contributed by atoms with E-state index in [1.165, 1.54) is 0 Å². The standard InChI is InChI=1S/C14H20ClNO2/c1-16-6-3-2-5-11-9-13-14(10-12(11)15)18-8-4-7-17-13/h9-10,16H,2-8H2,1H3. The zero-order valence-electron chi connectivity index (χ0n) is 10.8. The molecule has 0 unspecified atom stereocenters. The number of ether oxygens (including phenoxy) is 2. The number of halogens is 1. The summed E-state index contributed by atoms with van der Waals surface area (Å²) in [6, 6.07) is 3.91. The fourth-order valence-corrected chi connectivity index (χ4v) is 2.28. The van der Waals surface area contributed by atoms with E-state index in [1.54, 1.807) is 0 Å². The molecule has 1 N–H and O–H groups in total. The average Bonchev–Trinajstić information content (AvgIpc) is 2.59. The average molecular weight is 270 g/mol. The van der Waals surface area contributed by atoms with E-state index in [-0.39, 0.29) is 0 Å². The number of unbranched alkanes of at least 4 members (excludes halogenated alkanes) is 1. The van der Waals surface area contributed by atoms with Gasteiger partial charge in [0, 0.05) is 17.5 Å². The summed E-state index contributed by atoms with van der Waals surface area (Å²) in [6.45, 7) is 2.46. The molecule has 0 bridgehead atoms. The molecule has 1 heterocycles. The minimum Gasteiger partial charge on any atom is -0.490 e. The molecule has 0 spiro atoms. The molecule has 3 nitrogen and oxygen atoms in total. The number of rotatable bonds is 5. The Kier molecular flexibility index (Phi) is 5.14. The SMILES string of the molecule is CNCCCCc1cc2c(cc1Cl)OCCCO2. The Morgan fingerprint density at radius 1 is 1.17 bits per heavy atom. The lowest BCUT2D eigenvalue weighted by Crippen LogP contribution is -2.07. The fourth-order valence-electron chi connectivity index (χ4n) is 2.03.